The van der Waals surface area contributed by atoms with Crippen LogP contribution in [-0.4, -0.2) is 67.2 Å². The Morgan fingerprint density at radius 1 is 1.32 bits per heavy atom. The van der Waals surface area contributed by atoms with E-state index in [4.69, 9.17) is 5.73 Å². The number of hydrogen-bond acceptors (Lipinski definition) is 4. The van der Waals surface area contributed by atoms with Crippen molar-refractivity contribution in [2.75, 3.05) is 45.8 Å². The van der Waals surface area contributed by atoms with Crippen LogP contribution in [0.15, 0.2) is 0 Å². The third kappa shape index (κ3) is 3.69. The van der Waals surface area contributed by atoms with Gasteiger partial charge >= 0.3 is 0 Å². The first-order valence-electron chi connectivity index (χ1n) is 8.14. The Labute approximate surface area is 118 Å². The molecule has 2 saturated heterocycles. The first-order chi connectivity index (χ1) is 9.23. The molecule has 4 nitrogen and oxygen atoms in total. The van der Waals surface area contributed by atoms with E-state index in [0.717, 1.165) is 38.8 Å². The summed E-state index contributed by atoms with van der Waals surface area (Å²) in [6.07, 6.45) is 5.23. The van der Waals surface area contributed by atoms with Crippen molar-refractivity contribution in [3.05, 3.63) is 0 Å². The van der Waals surface area contributed by atoms with Crippen LogP contribution in [0.2, 0.25) is 0 Å². The van der Waals surface area contributed by atoms with E-state index >= 15 is 0 Å². The smallest absolute Gasteiger partial charge is 0.0331 e. The highest BCUT2D eigenvalue weighted by atomic mass is 15.2. The van der Waals surface area contributed by atoms with E-state index in [1.807, 2.05) is 0 Å². The van der Waals surface area contributed by atoms with Crippen LogP contribution in [0, 0.1) is 0 Å². The zero-order valence-corrected chi connectivity index (χ0v) is 12.8. The summed E-state index contributed by atoms with van der Waals surface area (Å²) < 4.78 is 0. The molecule has 0 radical (unpaired) electrons. The van der Waals surface area contributed by atoms with E-state index in [1.165, 1.54) is 38.8 Å². The summed E-state index contributed by atoms with van der Waals surface area (Å²) in [5.41, 5.74) is 6.32. The highest BCUT2D eigenvalue weighted by Crippen LogP contribution is 2.32. The molecule has 112 valence electrons. The molecule has 0 aromatic heterocycles. The minimum atomic E-state index is 0.207. The molecule has 3 N–H and O–H groups in total. The Morgan fingerprint density at radius 3 is 2.79 bits per heavy atom. The van der Waals surface area contributed by atoms with Crippen LogP contribution < -0.4 is 11.1 Å². The minimum absolute atomic E-state index is 0.207. The van der Waals surface area contributed by atoms with Crippen molar-refractivity contribution in [3.63, 3.8) is 0 Å². The first kappa shape index (κ1) is 15.2. The van der Waals surface area contributed by atoms with Gasteiger partial charge in [-0.05, 0) is 45.3 Å². The van der Waals surface area contributed by atoms with Gasteiger partial charge in [-0.2, -0.15) is 0 Å². The Bertz CT molecular complexity index is 267. The Morgan fingerprint density at radius 2 is 2.11 bits per heavy atom. The summed E-state index contributed by atoms with van der Waals surface area (Å²) >= 11 is 0. The summed E-state index contributed by atoms with van der Waals surface area (Å²) in [5, 5.41) is 3.80. The summed E-state index contributed by atoms with van der Waals surface area (Å²) in [6.45, 7) is 12.3. The fraction of sp³-hybridized carbons (Fsp3) is 1.00. The highest BCUT2D eigenvalue weighted by molar-refractivity contribution is 5.00. The lowest BCUT2D eigenvalue weighted by Crippen LogP contribution is -2.60. The normalized spacial score (nSPS) is 31.9. The van der Waals surface area contributed by atoms with Crippen molar-refractivity contribution in [1.29, 1.82) is 0 Å². The second-order valence-electron chi connectivity index (χ2n) is 6.22. The quantitative estimate of drug-likeness (QED) is 0.719. The van der Waals surface area contributed by atoms with Crippen LogP contribution in [-0.2, 0) is 0 Å². The van der Waals surface area contributed by atoms with Crippen molar-refractivity contribution in [3.8, 4) is 0 Å². The Hall–Kier alpha value is -0.160. The monoisotopic (exact) mass is 268 g/mol. The molecule has 0 amide bonds. The molecule has 4 heteroatoms. The number of rotatable bonds is 7. The minimum Gasteiger partial charge on any atom is -0.329 e. The van der Waals surface area contributed by atoms with Crippen LogP contribution in [0.4, 0.5) is 0 Å². The van der Waals surface area contributed by atoms with E-state index in [2.05, 4.69) is 29.0 Å². The number of piperidine rings is 1. The molecule has 2 fully saturated rings. The average molecular weight is 268 g/mol. The Balaban J connectivity index is 1.81. The fourth-order valence-electron chi connectivity index (χ4n) is 3.77. The molecule has 2 atom stereocenters. The number of fused-ring (bicyclic) bond motifs is 1. The maximum atomic E-state index is 6.11. The molecule has 19 heavy (non-hydrogen) atoms. The SMILES string of the molecule is CCN(CC)CCNC1(CN)CCN2CCCC2C1. The molecule has 2 aliphatic rings. The van der Waals surface area contributed by atoms with Crippen LogP contribution in [0.5, 0.6) is 0 Å². The second-order valence-corrected chi connectivity index (χ2v) is 6.22. The van der Waals surface area contributed by atoms with Crippen LogP contribution in [0.25, 0.3) is 0 Å². The lowest BCUT2D eigenvalue weighted by molar-refractivity contribution is 0.108. The molecule has 0 aromatic rings. The first-order valence-corrected chi connectivity index (χ1v) is 8.14. The van der Waals surface area contributed by atoms with Gasteiger partial charge in [-0.3, -0.25) is 0 Å². The molecule has 2 unspecified atom stereocenters. The van der Waals surface area contributed by atoms with Gasteiger partial charge in [-0.25, -0.2) is 0 Å². The van der Waals surface area contributed by atoms with Gasteiger partial charge in [-0.15, -0.1) is 0 Å². The number of nitrogens with one attached hydrogen (secondary N) is 1. The molecular formula is C15H32N4. The van der Waals surface area contributed by atoms with Gasteiger partial charge in [0.25, 0.3) is 0 Å². The fourth-order valence-corrected chi connectivity index (χ4v) is 3.77. The van der Waals surface area contributed by atoms with E-state index < -0.39 is 0 Å². The van der Waals surface area contributed by atoms with Gasteiger partial charge in [0.1, 0.15) is 0 Å². The van der Waals surface area contributed by atoms with Crippen molar-refractivity contribution in [1.82, 2.24) is 15.1 Å². The average Bonchev–Trinajstić information content (AvgIpc) is 2.91. The van der Waals surface area contributed by atoms with Crippen LogP contribution in [0.3, 0.4) is 0 Å². The third-order valence-corrected chi connectivity index (χ3v) is 5.22. The van der Waals surface area contributed by atoms with Crippen molar-refractivity contribution >= 4 is 0 Å². The van der Waals surface area contributed by atoms with Crippen LogP contribution >= 0.6 is 0 Å². The molecule has 0 spiro atoms. The summed E-state index contributed by atoms with van der Waals surface area (Å²) in [5.74, 6) is 0. The predicted octanol–water partition coefficient (Wildman–Crippen LogP) is 0.874. The topological polar surface area (TPSA) is 44.5 Å². The van der Waals surface area contributed by atoms with Crippen molar-refractivity contribution in [2.45, 2.75) is 51.1 Å². The van der Waals surface area contributed by atoms with Crippen molar-refractivity contribution in [2.24, 2.45) is 5.73 Å². The zero-order chi connectivity index (χ0) is 13.7. The van der Waals surface area contributed by atoms with Crippen LogP contribution in [0.1, 0.15) is 39.5 Å². The lowest BCUT2D eigenvalue weighted by atomic mass is 9.83. The largest absolute Gasteiger partial charge is 0.329 e. The Kier molecular flexibility index (Phi) is 5.63. The number of nitrogens with two attached hydrogens (primary N) is 1. The number of likely N-dealkylation sites (N-methyl/N-ethyl adjacent to an activating group) is 1. The number of nitrogens with zero attached hydrogens (tertiary/aromatic N) is 2. The summed E-state index contributed by atoms with van der Waals surface area (Å²) in [4.78, 5) is 5.14. The lowest BCUT2D eigenvalue weighted by Gasteiger charge is -2.44. The standard InChI is InChI=1S/C15H32N4/c1-3-18(4-2)11-8-17-15(13-16)7-10-19-9-5-6-14(19)12-15/h14,17H,3-13,16H2,1-2H3. The van der Waals surface area contributed by atoms with Crippen molar-refractivity contribution < 1.29 is 0 Å². The van der Waals surface area contributed by atoms with Gasteiger partial charge in [-0.1, -0.05) is 13.8 Å². The highest BCUT2D eigenvalue weighted by Gasteiger charge is 2.40. The van der Waals surface area contributed by atoms with E-state index in [9.17, 15) is 0 Å². The molecule has 2 rings (SSSR count). The van der Waals surface area contributed by atoms with Gasteiger partial charge in [0.15, 0.2) is 0 Å². The molecule has 2 heterocycles. The summed E-state index contributed by atoms with van der Waals surface area (Å²) in [6, 6.07) is 0.790. The van der Waals surface area contributed by atoms with E-state index in [1.54, 1.807) is 0 Å². The maximum absolute atomic E-state index is 6.11. The molecule has 0 saturated carbocycles. The zero-order valence-electron chi connectivity index (χ0n) is 12.8. The van der Waals surface area contributed by atoms with Gasteiger partial charge < -0.3 is 20.9 Å². The maximum Gasteiger partial charge on any atom is 0.0331 e. The predicted molar refractivity (Wildman–Crippen MR) is 81.4 cm³/mol. The third-order valence-electron chi connectivity index (χ3n) is 5.22. The van der Waals surface area contributed by atoms with Gasteiger partial charge in [0.2, 0.25) is 0 Å². The second kappa shape index (κ2) is 7.02. The van der Waals surface area contributed by atoms with E-state index in [-0.39, 0.29) is 5.54 Å². The molecule has 0 aliphatic carbocycles. The molecule has 0 aromatic carbocycles. The molecular weight excluding hydrogens is 236 g/mol. The van der Waals surface area contributed by atoms with E-state index in [0.29, 0.717) is 0 Å². The number of hydrogen-bond donors (Lipinski definition) is 2. The molecule has 2 aliphatic heterocycles. The van der Waals surface area contributed by atoms with Gasteiger partial charge in [0, 0.05) is 37.8 Å². The molecule has 0 bridgehead atoms. The van der Waals surface area contributed by atoms with Gasteiger partial charge in [0.05, 0.1) is 0 Å². The summed E-state index contributed by atoms with van der Waals surface area (Å²) in [7, 11) is 0.